The number of hydrogen-bond acceptors (Lipinski definition) is 4. The number of aromatic amines is 1. The van der Waals surface area contributed by atoms with Gasteiger partial charge in [0.05, 0.1) is 13.2 Å². The van der Waals surface area contributed by atoms with Gasteiger partial charge in [-0.2, -0.15) is 0 Å². The van der Waals surface area contributed by atoms with Gasteiger partial charge in [0.2, 0.25) is 0 Å². The average molecular weight is 403 g/mol. The van der Waals surface area contributed by atoms with E-state index in [0.717, 1.165) is 44.0 Å². The fraction of sp³-hybridized carbons (Fsp3) is 0.250. The molecule has 0 saturated carbocycles. The fourth-order valence-electron chi connectivity index (χ4n) is 3.50. The van der Waals surface area contributed by atoms with Gasteiger partial charge in [-0.1, -0.05) is 54.6 Å². The smallest absolute Gasteiger partial charge is 0.261 e. The van der Waals surface area contributed by atoms with Gasteiger partial charge < -0.3 is 15.0 Å². The number of benzene rings is 2. The summed E-state index contributed by atoms with van der Waals surface area (Å²) < 4.78 is 5.38. The predicted molar refractivity (Wildman–Crippen MR) is 116 cm³/mol. The zero-order valence-electron chi connectivity index (χ0n) is 16.8. The number of hydrogen-bond donors (Lipinski definition) is 2. The van der Waals surface area contributed by atoms with E-state index in [9.17, 15) is 9.59 Å². The molecule has 6 nitrogen and oxygen atoms in total. The molecule has 1 aromatic heterocycles. The third-order valence-corrected chi connectivity index (χ3v) is 5.22. The Kier molecular flexibility index (Phi) is 6.37. The lowest BCUT2D eigenvalue weighted by Gasteiger charge is -2.26. The zero-order chi connectivity index (χ0) is 20.8. The largest absolute Gasteiger partial charge is 0.379 e. The summed E-state index contributed by atoms with van der Waals surface area (Å²) in [4.78, 5) is 30.0. The summed E-state index contributed by atoms with van der Waals surface area (Å²) in [5.41, 5.74) is 3.53. The maximum absolute atomic E-state index is 12.5. The number of pyridine rings is 1. The van der Waals surface area contributed by atoms with E-state index in [2.05, 4.69) is 27.3 Å². The summed E-state index contributed by atoms with van der Waals surface area (Å²) in [6.45, 7) is 4.76. The number of carbonyl (C=O) groups is 1. The molecule has 1 aliphatic heterocycles. The van der Waals surface area contributed by atoms with Crippen molar-refractivity contribution in [1.29, 1.82) is 0 Å². The molecular weight excluding hydrogens is 378 g/mol. The van der Waals surface area contributed by atoms with Crippen LogP contribution < -0.4 is 10.9 Å². The Labute approximate surface area is 175 Å². The number of carbonyl (C=O) groups excluding carboxylic acids is 1. The van der Waals surface area contributed by atoms with Gasteiger partial charge in [-0.25, -0.2) is 0 Å². The van der Waals surface area contributed by atoms with E-state index < -0.39 is 5.56 Å². The zero-order valence-corrected chi connectivity index (χ0v) is 16.8. The summed E-state index contributed by atoms with van der Waals surface area (Å²) in [6, 6.07) is 21.1. The van der Waals surface area contributed by atoms with Gasteiger partial charge in [0.25, 0.3) is 11.5 Å². The Morgan fingerprint density at radius 3 is 2.33 bits per heavy atom. The predicted octanol–water partition coefficient (Wildman–Crippen LogP) is 2.80. The second-order valence-corrected chi connectivity index (χ2v) is 7.37. The van der Waals surface area contributed by atoms with Crippen LogP contribution in [0.15, 0.2) is 71.5 Å². The van der Waals surface area contributed by atoms with Crippen molar-refractivity contribution in [1.82, 2.24) is 15.2 Å². The molecule has 1 fully saturated rings. The molecule has 30 heavy (non-hydrogen) atoms. The van der Waals surface area contributed by atoms with Gasteiger partial charge in [-0.3, -0.25) is 14.5 Å². The molecule has 1 aliphatic rings. The highest BCUT2D eigenvalue weighted by atomic mass is 16.5. The lowest BCUT2D eigenvalue weighted by atomic mass is 10.1. The molecule has 2 N–H and O–H groups in total. The monoisotopic (exact) mass is 403 g/mol. The van der Waals surface area contributed by atoms with Crippen LogP contribution >= 0.6 is 0 Å². The van der Waals surface area contributed by atoms with E-state index in [4.69, 9.17) is 4.74 Å². The topological polar surface area (TPSA) is 74.4 Å². The Hall–Kier alpha value is -3.22. The highest BCUT2D eigenvalue weighted by Crippen LogP contribution is 2.15. The lowest BCUT2D eigenvalue weighted by Crippen LogP contribution is -2.35. The van der Waals surface area contributed by atoms with Crippen LogP contribution in [0.5, 0.6) is 0 Å². The highest BCUT2D eigenvalue weighted by molar-refractivity contribution is 5.94. The van der Waals surface area contributed by atoms with Crippen molar-refractivity contribution in [2.75, 3.05) is 26.3 Å². The molecule has 0 bridgehead atoms. The minimum absolute atomic E-state index is 0.110. The number of H-pyrrole nitrogens is 1. The first-order valence-electron chi connectivity index (χ1n) is 10.1. The van der Waals surface area contributed by atoms with Crippen LogP contribution in [0.1, 0.15) is 21.5 Å². The molecule has 1 saturated heterocycles. The molecule has 0 atom stereocenters. The molecule has 0 radical (unpaired) electrons. The van der Waals surface area contributed by atoms with Gasteiger partial charge in [-0.05, 0) is 28.8 Å². The van der Waals surface area contributed by atoms with Crippen LogP contribution in [0.25, 0.3) is 11.3 Å². The molecule has 3 aromatic rings. The number of rotatable bonds is 6. The Bertz CT molecular complexity index is 1040. The molecule has 0 aliphatic carbocycles. The third kappa shape index (κ3) is 5.03. The Balaban J connectivity index is 1.34. The molecule has 2 aromatic carbocycles. The Morgan fingerprint density at radius 1 is 0.933 bits per heavy atom. The minimum atomic E-state index is -0.394. The normalized spacial score (nSPS) is 14.4. The first-order chi connectivity index (χ1) is 14.7. The number of nitrogens with zero attached hydrogens (tertiary/aromatic N) is 1. The van der Waals surface area contributed by atoms with E-state index in [1.54, 1.807) is 12.1 Å². The van der Waals surface area contributed by atoms with Crippen molar-refractivity contribution in [2.45, 2.75) is 13.1 Å². The summed E-state index contributed by atoms with van der Waals surface area (Å²) in [5, 5.41) is 2.83. The Morgan fingerprint density at radius 2 is 1.63 bits per heavy atom. The number of aromatic nitrogens is 1. The van der Waals surface area contributed by atoms with E-state index in [1.165, 1.54) is 5.56 Å². The number of nitrogens with one attached hydrogen (secondary N) is 2. The van der Waals surface area contributed by atoms with Gasteiger partial charge >= 0.3 is 0 Å². The van der Waals surface area contributed by atoms with Gasteiger partial charge in [0.15, 0.2) is 0 Å². The maximum Gasteiger partial charge on any atom is 0.261 e. The van der Waals surface area contributed by atoms with E-state index >= 15 is 0 Å². The van der Waals surface area contributed by atoms with Crippen molar-refractivity contribution < 1.29 is 9.53 Å². The first kappa shape index (κ1) is 20.1. The number of amides is 1. The van der Waals surface area contributed by atoms with Crippen LogP contribution in [0.4, 0.5) is 0 Å². The molecule has 2 heterocycles. The van der Waals surface area contributed by atoms with Crippen molar-refractivity contribution in [3.8, 4) is 11.3 Å². The van der Waals surface area contributed by atoms with E-state index in [0.29, 0.717) is 12.2 Å². The molecular formula is C24H25N3O3. The second kappa shape index (κ2) is 9.52. The van der Waals surface area contributed by atoms with Crippen molar-refractivity contribution in [3.05, 3.63) is 93.8 Å². The summed E-state index contributed by atoms with van der Waals surface area (Å²) in [6.07, 6.45) is 0. The third-order valence-electron chi connectivity index (χ3n) is 5.22. The summed E-state index contributed by atoms with van der Waals surface area (Å²) >= 11 is 0. The summed E-state index contributed by atoms with van der Waals surface area (Å²) in [7, 11) is 0. The number of ether oxygens (including phenoxy) is 1. The average Bonchev–Trinajstić information content (AvgIpc) is 2.79. The van der Waals surface area contributed by atoms with Gasteiger partial charge in [-0.15, -0.1) is 0 Å². The first-order valence-corrected chi connectivity index (χ1v) is 10.1. The molecule has 1 amide bonds. The van der Waals surface area contributed by atoms with E-state index in [-0.39, 0.29) is 11.5 Å². The highest BCUT2D eigenvalue weighted by Gasteiger charge is 2.12. The van der Waals surface area contributed by atoms with Gasteiger partial charge in [0.1, 0.15) is 5.56 Å². The fourth-order valence-corrected chi connectivity index (χ4v) is 3.50. The summed E-state index contributed by atoms with van der Waals surface area (Å²) in [5.74, 6) is -0.381. The second-order valence-electron chi connectivity index (χ2n) is 7.37. The standard InChI is InChI=1S/C24H25N3O3/c28-23(21-10-11-22(26-24(21)29)20-4-2-1-3-5-20)25-16-18-6-8-19(9-7-18)17-27-12-14-30-15-13-27/h1-11H,12-17H2,(H,25,28)(H,26,29). The van der Waals surface area contributed by atoms with E-state index in [1.807, 2.05) is 42.5 Å². The van der Waals surface area contributed by atoms with Crippen LogP contribution in [0.2, 0.25) is 0 Å². The van der Waals surface area contributed by atoms with Crippen LogP contribution in [-0.4, -0.2) is 42.1 Å². The molecule has 6 heteroatoms. The number of morpholine rings is 1. The van der Waals surface area contributed by atoms with Crippen molar-refractivity contribution in [2.24, 2.45) is 0 Å². The SMILES string of the molecule is O=C(NCc1ccc(CN2CCOCC2)cc1)c1ccc(-c2ccccc2)[nH]c1=O. The molecule has 4 rings (SSSR count). The maximum atomic E-state index is 12.5. The minimum Gasteiger partial charge on any atom is -0.379 e. The van der Waals surface area contributed by atoms with Crippen LogP contribution in [0.3, 0.4) is 0 Å². The molecule has 0 unspecified atom stereocenters. The lowest BCUT2D eigenvalue weighted by molar-refractivity contribution is 0.0342. The molecule has 154 valence electrons. The quantitative estimate of drug-likeness (QED) is 0.664. The van der Waals surface area contributed by atoms with Crippen molar-refractivity contribution >= 4 is 5.91 Å². The van der Waals surface area contributed by atoms with Crippen LogP contribution in [0, 0.1) is 0 Å². The molecule has 0 spiro atoms. The van der Waals surface area contributed by atoms with Gasteiger partial charge in [0, 0.05) is 31.9 Å². The van der Waals surface area contributed by atoms with Crippen molar-refractivity contribution in [3.63, 3.8) is 0 Å². The van der Waals surface area contributed by atoms with Crippen LogP contribution in [-0.2, 0) is 17.8 Å².